The molecule has 0 spiro atoms. The van der Waals surface area contributed by atoms with Crippen molar-refractivity contribution in [1.82, 2.24) is 4.98 Å². The minimum absolute atomic E-state index is 0.285. The Kier molecular flexibility index (Phi) is 2.44. The van der Waals surface area contributed by atoms with Gasteiger partial charge in [0.15, 0.2) is 6.29 Å². The van der Waals surface area contributed by atoms with E-state index in [2.05, 4.69) is 4.98 Å². The van der Waals surface area contributed by atoms with Crippen molar-refractivity contribution in [1.29, 1.82) is 0 Å². The number of hydrogen-bond donors (Lipinski definition) is 0. The minimum atomic E-state index is 0.285. The van der Waals surface area contributed by atoms with Gasteiger partial charge in [-0.05, 0) is 6.07 Å². The van der Waals surface area contributed by atoms with E-state index < -0.39 is 0 Å². The van der Waals surface area contributed by atoms with Crippen LogP contribution in [-0.2, 0) is 0 Å². The first-order valence-corrected chi connectivity index (χ1v) is 3.30. The second-order valence-electron chi connectivity index (χ2n) is 1.87. The van der Waals surface area contributed by atoms with Gasteiger partial charge < -0.3 is 4.74 Å². The lowest BCUT2D eigenvalue weighted by Crippen LogP contribution is -1.91. The topological polar surface area (TPSA) is 39.2 Å². The van der Waals surface area contributed by atoms with Gasteiger partial charge in [0, 0.05) is 0 Å². The quantitative estimate of drug-likeness (QED) is 0.501. The number of aromatic nitrogens is 1. The Hall–Kier alpha value is -1.09. The third-order valence-electron chi connectivity index (χ3n) is 1.21. The summed E-state index contributed by atoms with van der Waals surface area (Å²) in [4.78, 5) is 14.1. The number of nitrogens with zero attached hydrogens (tertiary/aromatic N) is 1. The second kappa shape index (κ2) is 3.34. The zero-order valence-electron chi connectivity index (χ0n) is 5.87. The van der Waals surface area contributed by atoms with E-state index >= 15 is 0 Å². The minimum Gasteiger partial charge on any atom is -0.494 e. The van der Waals surface area contributed by atoms with E-state index in [9.17, 15) is 4.79 Å². The Bertz CT molecular complexity index is 275. The van der Waals surface area contributed by atoms with Crippen LogP contribution in [0.2, 0.25) is 5.15 Å². The summed E-state index contributed by atoms with van der Waals surface area (Å²) in [5.74, 6) is 0.435. The number of hydrogen-bond acceptors (Lipinski definition) is 3. The lowest BCUT2D eigenvalue weighted by Gasteiger charge is -2.00. The summed E-state index contributed by atoms with van der Waals surface area (Å²) in [7, 11) is 1.47. The SMILES string of the molecule is COc1cnc(Cl)cc1C=O. The number of aldehydes is 1. The highest BCUT2D eigenvalue weighted by atomic mass is 35.5. The van der Waals surface area contributed by atoms with Crippen LogP contribution in [0.1, 0.15) is 10.4 Å². The van der Waals surface area contributed by atoms with Crippen LogP contribution in [0.3, 0.4) is 0 Å². The fraction of sp³-hybridized carbons (Fsp3) is 0.143. The maximum absolute atomic E-state index is 10.4. The molecular formula is C7H6ClNO2. The van der Waals surface area contributed by atoms with Gasteiger partial charge in [-0.2, -0.15) is 0 Å². The monoisotopic (exact) mass is 171 g/mol. The highest BCUT2D eigenvalue weighted by Crippen LogP contribution is 2.17. The summed E-state index contributed by atoms with van der Waals surface area (Å²) in [6.07, 6.45) is 2.08. The highest BCUT2D eigenvalue weighted by Gasteiger charge is 2.01. The molecule has 0 radical (unpaired) electrons. The summed E-state index contributed by atoms with van der Waals surface area (Å²) in [6.45, 7) is 0. The average molecular weight is 172 g/mol. The summed E-state index contributed by atoms with van der Waals surface area (Å²) >= 11 is 5.53. The molecule has 0 fully saturated rings. The largest absolute Gasteiger partial charge is 0.494 e. The zero-order valence-corrected chi connectivity index (χ0v) is 6.63. The van der Waals surface area contributed by atoms with Gasteiger partial charge in [0.05, 0.1) is 18.9 Å². The van der Waals surface area contributed by atoms with Gasteiger partial charge >= 0.3 is 0 Å². The van der Waals surface area contributed by atoms with E-state index in [0.717, 1.165) is 0 Å². The molecular weight excluding hydrogens is 166 g/mol. The zero-order chi connectivity index (χ0) is 8.27. The molecule has 1 heterocycles. The van der Waals surface area contributed by atoms with Gasteiger partial charge in [-0.25, -0.2) is 4.98 Å². The Labute approximate surface area is 69.0 Å². The van der Waals surface area contributed by atoms with Crippen molar-refractivity contribution in [2.24, 2.45) is 0 Å². The number of carbonyl (C=O) groups excluding carboxylic acids is 1. The van der Waals surface area contributed by atoms with Crippen LogP contribution in [-0.4, -0.2) is 18.4 Å². The summed E-state index contributed by atoms with van der Waals surface area (Å²) < 4.78 is 4.84. The molecule has 11 heavy (non-hydrogen) atoms. The summed E-state index contributed by atoms with van der Waals surface area (Å²) in [5.41, 5.74) is 0.410. The van der Waals surface area contributed by atoms with Crippen LogP contribution >= 0.6 is 11.6 Å². The second-order valence-corrected chi connectivity index (χ2v) is 2.25. The van der Waals surface area contributed by atoms with Crippen LogP contribution < -0.4 is 4.74 Å². The smallest absolute Gasteiger partial charge is 0.153 e. The van der Waals surface area contributed by atoms with Crippen LogP contribution in [0.4, 0.5) is 0 Å². The van der Waals surface area contributed by atoms with E-state index in [4.69, 9.17) is 16.3 Å². The van der Waals surface area contributed by atoms with Crippen molar-refractivity contribution in [3.63, 3.8) is 0 Å². The fourth-order valence-electron chi connectivity index (χ4n) is 0.694. The van der Waals surface area contributed by atoms with Gasteiger partial charge in [0.25, 0.3) is 0 Å². The average Bonchev–Trinajstić information content (AvgIpc) is 2.04. The molecule has 1 rings (SSSR count). The molecule has 0 aliphatic carbocycles. The molecule has 4 heteroatoms. The number of carbonyl (C=O) groups is 1. The van der Waals surface area contributed by atoms with Crippen molar-refractivity contribution in [3.05, 3.63) is 23.0 Å². The number of halogens is 1. The van der Waals surface area contributed by atoms with Crippen molar-refractivity contribution in [3.8, 4) is 5.75 Å². The van der Waals surface area contributed by atoms with Gasteiger partial charge in [-0.3, -0.25) is 4.79 Å². The molecule has 0 saturated heterocycles. The van der Waals surface area contributed by atoms with Crippen molar-refractivity contribution in [2.75, 3.05) is 7.11 Å². The molecule has 1 aromatic heterocycles. The number of methoxy groups -OCH3 is 1. The van der Waals surface area contributed by atoms with Crippen LogP contribution in [0.15, 0.2) is 12.3 Å². The molecule has 0 aliphatic rings. The molecule has 1 aromatic rings. The van der Waals surface area contributed by atoms with Gasteiger partial charge in [-0.15, -0.1) is 0 Å². The first-order valence-electron chi connectivity index (χ1n) is 2.92. The third kappa shape index (κ3) is 1.68. The maximum atomic E-state index is 10.4. The normalized spacial score (nSPS) is 9.27. The Morgan fingerprint density at radius 3 is 3.00 bits per heavy atom. The van der Waals surface area contributed by atoms with Crippen molar-refractivity contribution >= 4 is 17.9 Å². The molecule has 0 aromatic carbocycles. The van der Waals surface area contributed by atoms with E-state index in [1.54, 1.807) is 0 Å². The highest BCUT2D eigenvalue weighted by molar-refractivity contribution is 6.29. The lowest BCUT2D eigenvalue weighted by molar-refractivity contribution is 0.112. The molecule has 58 valence electrons. The van der Waals surface area contributed by atoms with Gasteiger partial charge in [0.2, 0.25) is 0 Å². The predicted octanol–water partition coefficient (Wildman–Crippen LogP) is 1.56. The predicted molar refractivity (Wildman–Crippen MR) is 41.2 cm³/mol. The standard InChI is InChI=1S/C7H6ClNO2/c1-11-6-3-9-7(8)2-5(6)4-10/h2-4H,1H3. The van der Waals surface area contributed by atoms with Crippen molar-refractivity contribution < 1.29 is 9.53 Å². The van der Waals surface area contributed by atoms with Gasteiger partial charge in [-0.1, -0.05) is 11.6 Å². The fourth-order valence-corrected chi connectivity index (χ4v) is 0.861. The van der Waals surface area contributed by atoms with E-state index in [0.29, 0.717) is 17.6 Å². The first kappa shape index (κ1) is 8.01. The van der Waals surface area contributed by atoms with E-state index in [1.807, 2.05) is 0 Å². The van der Waals surface area contributed by atoms with Crippen LogP contribution in [0.5, 0.6) is 5.75 Å². The lowest BCUT2D eigenvalue weighted by atomic mass is 10.3. The molecule has 0 amide bonds. The molecule has 0 aliphatic heterocycles. The van der Waals surface area contributed by atoms with Gasteiger partial charge in [0.1, 0.15) is 10.9 Å². The maximum Gasteiger partial charge on any atom is 0.153 e. The molecule has 0 N–H and O–H groups in total. The summed E-state index contributed by atoms with van der Waals surface area (Å²) in [5, 5.41) is 0.285. The van der Waals surface area contributed by atoms with Crippen LogP contribution in [0, 0.1) is 0 Å². The molecule has 0 unspecified atom stereocenters. The number of pyridine rings is 1. The van der Waals surface area contributed by atoms with Crippen LogP contribution in [0.25, 0.3) is 0 Å². The number of rotatable bonds is 2. The first-order chi connectivity index (χ1) is 5.27. The third-order valence-corrected chi connectivity index (χ3v) is 1.42. The van der Waals surface area contributed by atoms with E-state index in [-0.39, 0.29) is 5.15 Å². The molecule has 0 bridgehead atoms. The Morgan fingerprint density at radius 2 is 2.45 bits per heavy atom. The molecule has 3 nitrogen and oxygen atoms in total. The Balaban J connectivity index is 3.16. The Morgan fingerprint density at radius 1 is 1.73 bits per heavy atom. The molecule has 0 atom stereocenters. The summed E-state index contributed by atoms with van der Waals surface area (Å²) in [6, 6.07) is 1.45. The van der Waals surface area contributed by atoms with Crippen molar-refractivity contribution in [2.45, 2.75) is 0 Å². The van der Waals surface area contributed by atoms with E-state index in [1.165, 1.54) is 19.4 Å². The molecule has 0 saturated carbocycles. The number of ether oxygens (including phenoxy) is 1.